The van der Waals surface area contributed by atoms with Gasteiger partial charge in [0.25, 0.3) is 0 Å². The van der Waals surface area contributed by atoms with Crippen LogP contribution in [0.3, 0.4) is 0 Å². The average molecular weight is 301 g/mol. The number of para-hydroxylation sites is 2. The number of likely N-dealkylation sites (tertiary alicyclic amines) is 1. The van der Waals surface area contributed by atoms with Gasteiger partial charge in [-0.3, -0.25) is 0 Å². The Kier molecular flexibility index (Phi) is 3.59. The number of carbonyl (C=O) groups is 1. The molecular formula is C17H23N3O2. The summed E-state index contributed by atoms with van der Waals surface area (Å²) in [4.78, 5) is 21.4. The molecule has 0 aliphatic carbocycles. The Hall–Kier alpha value is -2.04. The zero-order valence-corrected chi connectivity index (χ0v) is 13.3. The summed E-state index contributed by atoms with van der Waals surface area (Å²) in [6, 6.07) is 7.88. The number of H-pyrrole nitrogens is 1. The third-order valence-electron chi connectivity index (χ3n) is 4.52. The molecule has 22 heavy (non-hydrogen) atoms. The molecule has 5 heteroatoms. The molecule has 0 bridgehead atoms. The summed E-state index contributed by atoms with van der Waals surface area (Å²) in [6.07, 6.45) is 1.01. The largest absolute Gasteiger partial charge is 0.465 e. The maximum Gasteiger partial charge on any atom is 0.407 e. The number of hydrogen-bond donors (Lipinski definition) is 2. The summed E-state index contributed by atoms with van der Waals surface area (Å²) in [5.74, 6) is 1.02. The topological polar surface area (TPSA) is 69.2 Å². The molecule has 3 rings (SSSR count). The number of nitrogens with one attached hydrogen (secondary N) is 1. The van der Waals surface area contributed by atoms with Gasteiger partial charge in [-0.15, -0.1) is 0 Å². The van der Waals surface area contributed by atoms with E-state index in [1.165, 1.54) is 0 Å². The lowest BCUT2D eigenvalue weighted by atomic mass is 9.74. The van der Waals surface area contributed by atoms with Crippen LogP contribution < -0.4 is 0 Å². The maximum absolute atomic E-state index is 11.7. The van der Waals surface area contributed by atoms with Gasteiger partial charge in [0.15, 0.2) is 0 Å². The maximum atomic E-state index is 11.7. The molecule has 1 aromatic carbocycles. The summed E-state index contributed by atoms with van der Waals surface area (Å²) >= 11 is 0. The highest BCUT2D eigenvalue weighted by molar-refractivity contribution is 5.75. The van der Waals surface area contributed by atoms with E-state index in [1.54, 1.807) is 4.90 Å². The van der Waals surface area contributed by atoms with Crippen molar-refractivity contribution in [3.63, 3.8) is 0 Å². The van der Waals surface area contributed by atoms with Gasteiger partial charge in [-0.25, -0.2) is 9.78 Å². The molecule has 2 unspecified atom stereocenters. The number of benzene rings is 1. The van der Waals surface area contributed by atoms with E-state index in [0.29, 0.717) is 6.54 Å². The van der Waals surface area contributed by atoms with E-state index in [-0.39, 0.29) is 17.4 Å². The van der Waals surface area contributed by atoms with Gasteiger partial charge in [-0.1, -0.05) is 32.9 Å². The number of amides is 1. The van der Waals surface area contributed by atoms with Gasteiger partial charge in [0.2, 0.25) is 0 Å². The molecule has 2 N–H and O–H groups in total. The van der Waals surface area contributed by atoms with Gasteiger partial charge in [0.1, 0.15) is 5.82 Å². The summed E-state index contributed by atoms with van der Waals surface area (Å²) < 4.78 is 0. The summed E-state index contributed by atoms with van der Waals surface area (Å²) in [5.41, 5.74) is 1.82. The Bertz CT molecular complexity index is 654. The predicted molar refractivity (Wildman–Crippen MR) is 86.0 cm³/mol. The number of rotatable bonds is 1. The predicted octanol–water partition coefficient (Wildman–Crippen LogP) is 3.84. The number of carboxylic acid groups (broad SMARTS) is 1. The minimum absolute atomic E-state index is 0.0701. The fourth-order valence-electron chi connectivity index (χ4n) is 3.72. The van der Waals surface area contributed by atoms with Gasteiger partial charge < -0.3 is 15.0 Å². The second-order valence-corrected chi connectivity index (χ2v) is 7.17. The van der Waals surface area contributed by atoms with E-state index in [0.717, 1.165) is 29.7 Å². The van der Waals surface area contributed by atoms with Crippen molar-refractivity contribution in [2.24, 2.45) is 5.41 Å². The third-order valence-corrected chi connectivity index (χ3v) is 4.52. The molecule has 1 aromatic heterocycles. The van der Waals surface area contributed by atoms with Crippen LogP contribution in [0.25, 0.3) is 11.0 Å². The van der Waals surface area contributed by atoms with E-state index in [1.807, 2.05) is 24.3 Å². The van der Waals surface area contributed by atoms with Gasteiger partial charge in [0.05, 0.1) is 11.0 Å². The molecule has 1 amide bonds. The quantitative estimate of drug-likeness (QED) is 0.841. The first-order valence-electron chi connectivity index (χ1n) is 7.82. The molecule has 1 fully saturated rings. The third kappa shape index (κ3) is 2.56. The highest BCUT2D eigenvalue weighted by atomic mass is 16.4. The molecule has 2 atom stereocenters. The molecule has 118 valence electrons. The van der Waals surface area contributed by atoms with Crippen molar-refractivity contribution in [2.45, 2.75) is 45.6 Å². The lowest BCUT2D eigenvalue weighted by molar-refractivity contribution is 0.0440. The van der Waals surface area contributed by atoms with E-state index >= 15 is 0 Å². The minimum atomic E-state index is -0.833. The molecule has 5 nitrogen and oxygen atoms in total. The first-order chi connectivity index (χ1) is 10.4. The number of nitrogens with zero attached hydrogens (tertiary/aromatic N) is 2. The highest BCUT2D eigenvalue weighted by Crippen LogP contribution is 2.41. The highest BCUT2D eigenvalue weighted by Gasteiger charge is 2.43. The fraction of sp³-hybridized carbons (Fsp3) is 0.529. The van der Waals surface area contributed by atoms with Gasteiger partial charge in [0, 0.05) is 18.5 Å². The second-order valence-electron chi connectivity index (χ2n) is 7.17. The monoisotopic (exact) mass is 301 g/mol. The van der Waals surface area contributed by atoms with Crippen LogP contribution in [-0.4, -0.2) is 38.7 Å². The van der Waals surface area contributed by atoms with E-state index < -0.39 is 6.09 Å². The van der Waals surface area contributed by atoms with Crippen LogP contribution in [0.5, 0.6) is 0 Å². The van der Waals surface area contributed by atoms with Crippen molar-refractivity contribution in [1.82, 2.24) is 14.9 Å². The van der Waals surface area contributed by atoms with Crippen molar-refractivity contribution < 1.29 is 9.90 Å². The van der Waals surface area contributed by atoms with Gasteiger partial charge in [-0.2, -0.15) is 0 Å². The Balaban J connectivity index is 2.04. The van der Waals surface area contributed by atoms with Crippen LogP contribution >= 0.6 is 0 Å². The average Bonchev–Trinajstić information content (AvgIpc) is 2.89. The van der Waals surface area contributed by atoms with Crippen LogP contribution in [0.15, 0.2) is 24.3 Å². The standard InChI is InChI=1S/C17H23N3O2/c1-17(2,3)14-11(7-6-10-20(14)16(21)22)15-18-12-8-4-5-9-13(12)19-15/h4-5,8-9,11,14H,6-7,10H2,1-3H3,(H,18,19)(H,21,22). The lowest BCUT2D eigenvalue weighted by Crippen LogP contribution is -2.53. The van der Waals surface area contributed by atoms with Crippen LogP contribution in [0.2, 0.25) is 0 Å². The fourth-order valence-corrected chi connectivity index (χ4v) is 3.72. The van der Waals surface area contributed by atoms with Crippen LogP contribution in [0.4, 0.5) is 4.79 Å². The van der Waals surface area contributed by atoms with E-state index in [9.17, 15) is 9.90 Å². The zero-order valence-electron chi connectivity index (χ0n) is 13.3. The van der Waals surface area contributed by atoms with Crippen molar-refractivity contribution >= 4 is 17.1 Å². The van der Waals surface area contributed by atoms with Crippen LogP contribution in [-0.2, 0) is 0 Å². The Labute approximate surface area is 130 Å². The molecular weight excluding hydrogens is 278 g/mol. The first kappa shape index (κ1) is 14.9. The number of fused-ring (bicyclic) bond motifs is 1. The minimum Gasteiger partial charge on any atom is -0.465 e. The number of imidazole rings is 1. The first-order valence-corrected chi connectivity index (χ1v) is 7.82. The van der Waals surface area contributed by atoms with Gasteiger partial charge >= 0.3 is 6.09 Å². The lowest BCUT2D eigenvalue weighted by Gasteiger charge is -2.46. The molecule has 1 aliphatic rings. The van der Waals surface area contributed by atoms with Crippen molar-refractivity contribution in [2.75, 3.05) is 6.54 Å². The Morgan fingerprint density at radius 2 is 2.09 bits per heavy atom. The van der Waals surface area contributed by atoms with Crippen LogP contribution in [0, 0.1) is 5.41 Å². The zero-order chi connectivity index (χ0) is 15.9. The molecule has 2 heterocycles. The Morgan fingerprint density at radius 3 is 2.73 bits per heavy atom. The smallest absolute Gasteiger partial charge is 0.407 e. The number of aromatic amines is 1. The molecule has 1 saturated heterocycles. The van der Waals surface area contributed by atoms with Crippen LogP contribution in [0.1, 0.15) is 45.4 Å². The van der Waals surface area contributed by atoms with E-state index in [4.69, 9.17) is 4.98 Å². The van der Waals surface area contributed by atoms with E-state index in [2.05, 4.69) is 25.8 Å². The summed E-state index contributed by atoms with van der Waals surface area (Å²) in [5, 5.41) is 9.57. The molecule has 0 spiro atoms. The molecule has 0 radical (unpaired) electrons. The van der Waals surface area contributed by atoms with Gasteiger partial charge in [-0.05, 0) is 30.4 Å². The van der Waals surface area contributed by atoms with Crippen molar-refractivity contribution in [3.8, 4) is 0 Å². The number of piperidine rings is 1. The van der Waals surface area contributed by atoms with Crippen molar-refractivity contribution in [3.05, 3.63) is 30.1 Å². The number of hydrogen-bond acceptors (Lipinski definition) is 2. The SMILES string of the molecule is CC(C)(C)C1C(c2nc3ccccc3[nH]2)CCCN1C(=O)O. The molecule has 0 saturated carbocycles. The van der Waals surface area contributed by atoms with Crippen molar-refractivity contribution in [1.29, 1.82) is 0 Å². The summed E-state index contributed by atoms with van der Waals surface area (Å²) in [7, 11) is 0. The normalized spacial score (nSPS) is 23.0. The Morgan fingerprint density at radius 1 is 1.36 bits per heavy atom. The second kappa shape index (κ2) is 5.30. The summed E-state index contributed by atoms with van der Waals surface area (Å²) in [6.45, 7) is 6.92. The molecule has 1 aliphatic heterocycles. The molecule has 2 aromatic rings. The number of aromatic nitrogens is 2.